The normalized spacial score (nSPS) is 21.0. The Bertz CT molecular complexity index is 1210. The van der Waals surface area contributed by atoms with E-state index in [-0.39, 0.29) is 31.0 Å². The largest absolute Gasteiger partial charge is 0.493 e. The lowest BCUT2D eigenvalue weighted by atomic mass is 10.1. The van der Waals surface area contributed by atoms with Crippen molar-refractivity contribution in [3.8, 4) is 11.5 Å². The molecule has 2 aromatic heterocycles. The van der Waals surface area contributed by atoms with Gasteiger partial charge >= 0.3 is 7.60 Å². The number of nitrogens with zero attached hydrogens (tertiary/aromatic N) is 3. The molecule has 0 radical (unpaired) electrons. The van der Waals surface area contributed by atoms with E-state index in [1.54, 1.807) is 30.9 Å². The molecule has 2 unspecified atom stereocenters. The van der Waals surface area contributed by atoms with Crippen molar-refractivity contribution in [3.05, 3.63) is 40.4 Å². The summed E-state index contributed by atoms with van der Waals surface area (Å²) in [7, 11) is -0.348. The Morgan fingerprint density at radius 2 is 2.12 bits per heavy atom. The maximum Gasteiger partial charge on any atom is 0.356 e. The van der Waals surface area contributed by atoms with Gasteiger partial charge in [-0.25, -0.2) is 4.98 Å². The van der Waals surface area contributed by atoms with E-state index in [0.717, 1.165) is 5.56 Å². The Labute approximate surface area is 183 Å². The maximum atomic E-state index is 13.0. The number of rotatable bonds is 8. The third-order valence-electron chi connectivity index (χ3n) is 4.95. The van der Waals surface area contributed by atoms with Crippen LogP contribution in [0.25, 0.3) is 11.2 Å². The van der Waals surface area contributed by atoms with Gasteiger partial charge in [0.25, 0.3) is 5.56 Å². The molecule has 2 atom stereocenters. The molecule has 12 nitrogen and oxygen atoms in total. The van der Waals surface area contributed by atoms with Crippen molar-refractivity contribution in [2.45, 2.75) is 19.1 Å². The minimum atomic E-state index is -3.46. The number of aromatic amines is 1. The molecule has 3 heterocycles. The van der Waals surface area contributed by atoms with Crippen LogP contribution >= 0.6 is 7.60 Å². The van der Waals surface area contributed by atoms with Crippen molar-refractivity contribution in [3.63, 3.8) is 0 Å². The molecule has 0 bridgehead atoms. The summed E-state index contributed by atoms with van der Waals surface area (Å²) >= 11 is 0. The number of anilines is 1. The first kappa shape index (κ1) is 22.3. The zero-order chi connectivity index (χ0) is 22.7. The van der Waals surface area contributed by atoms with Crippen LogP contribution in [0.2, 0.25) is 0 Å². The van der Waals surface area contributed by atoms with Gasteiger partial charge in [-0.15, -0.1) is 0 Å². The lowest BCUT2D eigenvalue weighted by Gasteiger charge is -2.30. The smallest absolute Gasteiger partial charge is 0.356 e. The molecule has 1 aromatic carbocycles. The Morgan fingerprint density at radius 3 is 2.91 bits per heavy atom. The number of aromatic nitrogens is 4. The number of nitrogens with one attached hydrogen (secondary N) is 1. The van der Waals surface area contributed by atoms with E-state index in [1.165, 1.54) is 6.33 Å². The summed E-state index contributed by atoms with van der Waals surface area (Å²) in [4.78, 5) is 22.4. The Morgan fingerprint density at radius 1 is 1.31 bits per heavy atom. The van der Waals surface area contributed by atoms with Gasteiger partial charge in [0.2, 0.25) is 5.95 Å². The van der Waals surface area contributed by atoms with E-state index in [0.29, 0.717) is 30.1 Å². The van der Waals surface area contributed by atoms with Gasteiger partial charge in [-0.05, 0) is 17.7 Å². The van der Waals surface area contributed by atoms with Crippen molar-refractivity contribution in [1.82, 2.24) is 19.5 Å². The molecule has 0 aliphatic carbocycles. The fourth-order valence-corrected chi connectivity index (χ4v) is 4.95. The lowest BCUT2D eigenvalue weighted by Crippen LogP contribution is -2.17. The van der Waals surface area contributed by atoms with E-state index in [4.69, 9.17) is 29.0 Å². The molecule has 4 rings (SSSR count). The lowest BCUT2D eigenvalue weighted by molar-refractivity contribution is 0.0562. The van der Waals surface area contributed by atoms with E-state index < -0.39 is 19.3 Å². The minimum Gasteiger partial charge on any atom is -0.493 e. The van der Waals surface area contributed by atoms with Crippen LogP contribution in [-0.2, 0) is 24.9 Å². The molecule has 13 heteroatoms. The first-order valence-corrected chi connectivity index (χ1v) is 11.6. The summed E-state index contributed by atoms with van der Waals surface area (Å²) in [6.45, 7) is 0.779. The van der Waals surface area contributed by atoms with Gasteiger partial charge in [0.15, 0.2) is 22.7 Å². The van der Waals surface area contributed by atoms with Gasteiger partial charge in [0.1, 0.15) is 6.35 Å². The number of ether oxygens (including phenoxy) is 3. The molecular weight excluding hydrogens is 441 g/mol. The molecule has 0 saturated carbocycles. The van der Waals surface area contributed by atoms with E-state index >= 15 is 0 Å². The van der Waals surface area contributed by atoms with Crippen LogP contribution in [0.4, 0.5) is 5.95 Å². The molecule has 172 valence electrons. The molecule has 0 amide bonds. The molecule has 3 N–H and O–H groups in total. The van der Waals surface area contributed by atoms with Crippen molar-refractivity contribution >= 4 is 24.7 Å². The van der Waals surface area contributed by atoms with Crippen molar-refractivity contribution in [1.29, 1.82) is 0 Å². The first-order valence-electron chi connectivity index (χ1n) is 9.85. The van der Waals surface area contributed by atoms with Gasteiger partial charge in [0, 0.05) is 13.0 Å². The molecule has 0 spiro atoms. The number of imidazole rings is 1. The third-order valence-corrected chi connectivity index (χ3v) is 6.60. The van der Waals surface area contributed by atoms with Crippen LogP contribution in [0.1, 0.15) is 18.1 Å². The number of methoxy groups -OCH3 is 2. The zero-order valence-electron chi connectivity index (χ0n) is 17.6. The standard InChI is InChI=1S/C19H24N5O7P/c1-27-14-4-3-12(9-15(14)28-2)13-5-7-30-32(26,31-13)11-29-8-6-24-10-21-16-17(24)22-19(20)23-18(16)25/h3-4,9-10,13H,5-8,11H2,1-2H3,(H3,20,22,23,25). The van der Waals surface area contributed by atoms with E-state index in [1.807, 2.05) is 6.07 Å². The van der Waals surface area contributed by atoms with Gasteiger partial charge in [-0.1, -0.05) is 6.07 Å². The van der Waals surface area contributed by atoms with E-state index in [2.05, 4.69) is 15.0 Å². The average molecular weight is 465 g/mol. The second kappa shape index (κ2) is 9.29. The first-order chi connectivity index (χ1) is 15.4. The Kier molecular flexibility index (Phi) is 6.47. The van der Waals surface area contributed by atoms with Gasteiger partial charge in [-0.3, -0.25) is 18.9 Å². The van der Waals surface area contributed by atoms with Crippen molar-refractivity contribution < 1.29 is 27.8 Å². The zero-order valence-corrected chi connectivity index (χ0v) is 18.5. The quantitative estimate of drug-likeness (QED) is 0.373. The number of nitrogen functional groups attached to an aromatic ring is 1. The van der Waals surface area contributed by atoms with Crippen LogP contribution < -0.4 is 20.8 Å². The monoisotopic (exact) mass is 465 g/mol. The fraction of sp³-hybridized carbons (Fsp3) is 0.421. The maximum absolute atomic E-state index is 13.0. The number of H-pyrrole nitrogens is 1. The van der Waals surface area contributed by atoms with Crippen LogP contribution in [0, 0.1) is 0 Å². The summed E-state index contributed by atoms with van der Waals surface area (Å²) in [5.74, 6) is 1.16. The number of hydrogen-bond donors (Lipinski definition) is 2. The molecule has 32 heavy (non-hydrogen) atoms. The predicted octanol–water partition coefficient (Wildman–Crippen LogP) is 2.06. The summed E-state index contributed by atoms with van der Waals surface area (Å²) in [6.07, 6.45) is 1.38. The van der Waals surface area contributed by atoms with Gasteiger partial charge in [0.05, 0.1) is 39.9 Å². The highest BCUT2D eigenvalue weighted by molar-refractivity contribution is 7.53. The highest BCUT2D eigenvalue weighted by Crippen LogP contribution is 2.56. The topological polar surface area (TPSA) is 153 Å². The van der Waals surface area contributed by atoms with Crippen LogP contribution in [0.3, 0.4) is 0 Å². The van der Waals surface area contributed by atoms with E-state index in [9.17, 15) is 9.36 Å². The molecule has 3 aromatic rings. The van der Waals surface area contributed by atoms with Gasteiger partial charge in [-0.2, -0.15) is 4.98 Å². The fourth-order valence-electron chi connectivity index (χ4n) is 3.40. The molecule has 1 fully saturated rings. The summed E-state index contributed by atoms with van der Waals surface area (Å²) in [5.41, 5.74) is 6.52. The SMILES string of the molecule is COc1ccc(C2CCOP(=O)(COCCn3cnc4c(=O)[nH]c(N)nc43)O2)cc1OC. The molecule has 1 aliphatic rings. The highest BCUT2D eigenvalue weighted by Gasteiger charge is 2.35. The summed E-state index contributed by atoms with van der Waals surface area (Å²) in [6, 6.07) is 5.41. The number of benzene rings is 1. The van der Waals surface area contributed by atoms with Crippen LogP contribution in [0.5, 0.6) is 11.5 Å². The molecular formula is C19H24N5O7P. The van der Waals surface area contributed by atoms with Gasteiger partial charge < -0.3 is 29.0 Å². The second-order valence-corrected chi connectivity index (χ2v) is 8.99. The number of nitrogens with two attached hydrogens (primary N) is 1. The highest BCUT2D eigenvalue weighted by atomic mass is 31.2. The Balaban J connectivity index is 1.36. The average Bonchev–Trinajstić information content (AvgIpc) is 3.19. The number of fused-ring (bicyclic) bond motifs is 1. The molecule has 1 aliphatic heterocycles. The number of hydrogen-bond acceptors (Lipinski definition) is 10. The van der Waals surface area contributed by atoms with Crippen molar-refractivity contribution in [2.75, 3.05) is 39.5 Å². The second-order valence-electron chi connectivity index (χ2n) is 7.04. The Hall–Kier alpha value is -2.92. The summed E-state index contributed by atoms with van der Waals surface area (Å²) < 4.78 is 42.0. The molecule has 1 saturated heterocycles. The minimum absolute atomic E-state index is 0.000171. The van der Waals surface area contributed by atoms with Crippen molar-refractivity contribution in [2.24, 2.45) is 0 Å². The summed E-state index contributed by atoms with van der Waals surface area (Å²) in [5, 5.41) is 0. The van der Waals surface area contributed by atoms with Crippen LogP contribution in [0.15, 0.2) is 29.3 Å². The third kappa shape index (κ3) is 4.63. The van der Waals surface area contributed by atoms with Crippen LogP contribution in [-0.4, -0.2) is 53.3 Å². The predicted molar refractivity (Wildman–Crippen MR) is 115 cm³/mol.